The minimum Gasteiger partial charge on any atom is -0.480 e. The van der Waals surface area contributed by atoms with E-state index in [2.05, 4.69) is 15.9 Å². The predicted molar refractivity (Wildman–Crippen MR) is 77.3 cm³/mol. The number of carboxylic acid groups (broad SMARTS) is 1. The number of benzene rings is 1. The van der Waals surface area contributed by atoms with Crippen molar-refractivity contribution in [3.05, 3.63) is 33.8 Å². The van der Waals surface area contributed by atoms with Crippen LogP contribution < -0.4 is 0 Å². The molecule has 104 valence electrons. The third-order valence-corrected chi connectivity index (χ3v) is 3.56. The van der Waals surface area contributed by atoms with Crippen molar-refractivity contribution in [1.82, 2.24) is 4.90 Å². The van der Waals surface area contributed by atoms with Gasteiger partial charge in [-0.1, -0.05) is 35.8 Å². The van der Waals surface area contributed by atoms with Gasteiger partial charge in [0, 0.05) is 16.6 Å². The van der Waals surface area contributed by atoms with Gasteiger partial charge in [-0.2, -0.15) is 0 Å². The Labute approximate surface area is 121 Å². The van der Waals surface area contributed by atoms with E-state index < -0.39 is 5.97 Å². The standard InChI is InChI=1S/C14H18BrNO3/c1-9(2)7-16(8-13(17)18)14(19)11-5-4-6-12(15)10(11)3/h4-6,9H,7-8H2,1-3H3,(H,17,18). The van der Waals surface area contributed by atoms with Crippen LogP contribution in [-0.4, -0.2) is 35.0 Å². The Kier molecular flexibility index (Phi) is 5.54. The van der Waals surface area contributed by atoms with Gasteiger partial charge < -0.3 is 10.0 Å². The molecule has 1 amide bonds. The monoisotopic (exact) mass is 327 g/mol. The van der Waals surface area contributed by atoms with E-state index in [0.29, 0.717) is 12.1 Å². The Bertz CT molecular complexity index is 486. The Morgan fingerprint density at radius 2 is 2.00 bits per heavy atom. The molecule has 1 N–H and O–H groups in total. The number of hydrogen-bond acceptors (Lipinski definition) is 2. The Balaban J connectivity index is 3.04. The molecule has 0 atom stereocenters. The van der Waals surface area contributed by atoms with E-state index in [0.717, 1.165) is 10.0 Å². The van der Waals surface area contributed by atoms with Crippen LogP contribution in [0, 0.1) is 12.8 Å². The zero-order valence-corrected chi connectivity index (χ0v) is 12.9. The van der Waals surface area contributed by atoms with Crippen molar-refractivity contribution >= 4 is 27.8 Å². The second kappa shape index (κ2) is 6.70. The highest BCUT2D eigenvalue weighted by molar-refractivity contribution is 9.10. The molecule has 0 unspecified atom stereocenters. The van der Waals surface area contributed by atoms with Gasteiger partial charge in [-0.15, -0.1) is 0 Å². The van der Waals surface area contributed by atoms with Crippen molar-refractivity contribution in [3.63, 3.8) is 0 Å². The molecule has 4 nitrogen and oxygen atoms in total. The summed E-state index contributed by atoms with van der Waals surface area (Å²) in [6, 6.07) is 5.35. The largest absolute Gasteiger partial charge is 0.480 e. The average Bonchev–Trinajstić information content (AvgIpc) is 2.30. The predicted octanol–water partition coefficient (Wildman–Crippen LogP) is 2.94. The zero-order valence-electron chi connectivity index (χ0n) is 11.3. The third-order valence-electron chi connectivity index (χ3n) is 2.70. The summed E-state index contributed by atoms with van der Waals surface area (Å²) in [6.45, 7) is 5.90. The molecule has 1 rings (SSSR count). The van der Waals surface area contributed by atoms with Crippen LogP contribution in [0.15, 0.2) is 22.7 Å². The first-order valence-electron chi connectivity index (χ1n) is 6.09. The summed E-state index contributed by atoms with van der Waals surface area (Å²) in [5, 5.41) is 8.91. The minimum absolute atomic E-state index is 0.218. The first-order valence-corrected chi connectivity index (χ1v) is 6.88. The summed E-state index contributed by atoms with van der Waals surface area (Å²) < 4.78 is 0.846. The van der Waals surface area contributed by atoms with Gasteiger partial charge in [0.05, 0.1) is 0 Å². The highest BCUT2D eigenvalue weighted by atomic mass is 79.9. The van der Waals surface area contributed by atoms with Gasteiger partial charge in [-0.25, -0.2) is 0 Å². The van der Waals surface area contributed by atoms with Crippen LogP contribution in [0.3, 0.4) is 0 Å². The number of carbonyl (C=O) groups is 2. The van der Waals surface area contributed by atoms with Crippen LogP contribution in [0.25, 0.3) is 0 Å². The van der Waals surface area contributed by atoms with E-state index in [4.69, 9.17) is 5.11 Å². The molecular formula is C14H18BrNO3. The third kappa shape index (κ3) is 4.35. The second-order valence-electron chi connectivity index (χ2n) is 4.89. The van der Waals surface area contributed by atoms with E-state index >= 15 is 0 Å². The number of hydrogen-bond donors (Lipinski definition) is 1. The number of carbonyl (C=O) groups excluding carboxylic acids is 1. The van der Waals surface area contributed by atoms with Gasteiger partial charge in [-0.05, 0) is 30.5 Å². The molecule has 0 aliphatic rings. The molecule has 0 aliphatic carbocycles. The lowest BCUT2D eigenvalue weighted by atomic mass is 10.1. The van der Waals surface area contributed by atoms with Crippen molar-refractivity contribution in [2.24, 2.45) is 5.92 Å². The molecule has 0 bridgehead atoms. The maximum Gasteiger partial charge on any atom is 0.323 e. The maximum atomic E-state index is 12.4. The van der Waals surface area contributed by atoms with Crippen LogP contribution in [0.4, 0.5) is 0 Å². The lowest BCUT2D eigenvalue weighted by Crippen LogP contribution is -2.38. The van der Waals surface area contributed by atoms with Crippen molar-refractivity contribution in [1.29, 1.82) is 0 Å². The molecule has 19 heavy (non-hydrogen) atoms. The molecule has 5 heteroatoms. The number of aliphatic carboxylic acids is 1. The van der Waals surface area contributed by atoms with Crippen molar-refractivity contribution in [2.75, 3.05) is 13.1 Å². The lowest BCUT2D eigenvalue weighted by molar-refractivity contribution is -0.137. The summed E-state index contributed by atoms with van der Waals surface area (Å²) in [7, 11) is 0. The van der Waals surface area contributed by atoms with E-state index in [1.807, 2.05) is 26.8 Å². The second-order valence-corrected chi connectivity index (χ2v) is 5.74. The van der Waals surface area contributed by atoms with Crippen LogP contribution in [0.2, 0.25) is 0 Å². The zero-order chi connectivity index (χ0) is 14.6. The molecule has 1 aromatic carbocycles. The topological polar surface area (TPSA) is 57.6 Å². The average molecular weight is 328 g/mol. The molecule has 0 saturated heterocycles. The van der Waals surface area contributed by atoms with Crippen molar-refractivity contribution in [2.45, 2.75) is 20.8 Å². The molecule has 1 aromatic rings. The highest BCUT2D eigenvalue weighted by Crippen LogP contribution is 2.21. The summed E-state index contributed by atoms with van der Waals surface area (Å²) in [4.78, 5) is 24.7. The summed E-state index contributed by atoms with van der Waals surface area (Å²) in [5.74, 6) is -1.02. The normalized spacial score (nSPS) is 10.6. The number of nitrogens with zero attached hydrogens (tertiary/aromatic N) is 1. The maximum absolute atomic E-state index is 12.4. The van der Waals surface area contributed by atoms with Crippen molar-refractivity contribution < 1.29 is 14.7 Å². The van der Waals surface area contributed by atoms with Crippen LogP contribution in [0.5, 0.6) is 0 Å². The summed E-state index contributed by atoms with van der Waals surface area (Å²) in [5.41, 5.74) is 1.36. The smallest absolute Gasteiger partial charge is 0.323 e. The van der Waals surface area contributed by atoms with Gasteiger partial charge in [0.25, 0.3) is 5.91 Å². The van der Waals surface area contributed by atoms with Crippen LogP contribution in [0.1, 0.15) is 29.8 Å². The number of carboxylic acids is 1. The molecule has 0 fully saturated rings. The van der Waals surface area contributed by atoms with Gasteiger partial charge in [0.15, 0.2) is 0 Å². The molecule has 0 saturated carbocycles. The quantitative estimate of drug-likeness (QED) is 0.904. The molecule has 0 heterocycles. The molecule has 0 aliphatic heterocycles. The SMILES string of the molecule is Cc1c(Br)cccc1C(=O)N(CC(=O)O)CC(C)C. The molecule has 0 spiro atoms. The van der Waals surface area contributed by atoms with Gasteiger partial charge in [-0.3, -0.25) is 9.59 Å². The Morgan fingerprint density at radius 1 is 1.37 bits per heavy atom. The lowest BCUT2D eigenvalue weighted by Gasteiger charge is -2.23. The van der Waals surface area contributed by atoms with Gasteiger partial charge in [0.2, 0.25) is 0 Å². The first kappa shape index (κ1) is 15.7. The van der Waals surface area contributed by atoms with Crippen molar-refractivity contribution in [3.8, 4) is 0 Å². The fourth-order valence-corrected chi connectivity index (χ4v) is 2.20. The fourth-order valence-electron chi connectivity index (χ4n) is 1.83. The summed E-state index contributed by atoms with van der Waals surface area (Å²) in [6.07, 6.45) is 0. The van der Waals surface area contributed by atoms with E-state index in [9.17, 15) is 9.59 Å². The van der Waals surface area contributed by atoms with Gasteiger partial charge >= 0.3 is 5.97 Å². The van der Waals surface area contributed by atoms with E-state index in [1.54, 1.807) is 12.1 Å². The minimum atomic E-state index is -0.998. The van der Waals surface area contributed by atoms with E-state index in [-0.39, 0.29) is 18.4 Å². The highest BCUT2D eigenvalue weighted by Gasteiger charge is 2.21. The first-order chi connectivity index (χ1) is 8.82. The van der Waals surface area contributed by atoms with E-state index in [1.165, 1.54) is 4.90 Å². The van der Waals surface area contributed by atoms with Crippen LogP contribution in [-0.2, 0) is 4.79 Å². The summed E-state index contributed by atoms with van der Waals surface area (Å²) >= 11 is 3.38. The number of amides is 1. The van der Waals surface area contributed by atoms with Crippen LogP contribution >= 0.6 is 15.9 Å². The number of halogens is 1. The number of rotatable bonds is 5. The Hall–Kier alpha value is -1.36. The van der Waals surface area contributed by atoms with Gasteiger partial charge in [0.1, 0.15) is 6.54 Å². The molecular weight excluding hydrogens is 310 g/mol. The Morgan fingerprint density at radius 3 is 2.53 bits per heavy atom. The fraction of sp³-hybridized carbons (Fsp3) is 0.429. The molecule has 0 aromatic heterocycles. The molecule has 0 radical (unpaired) electrons.